The van der Waals surface area contributed by atoms with E-state index in [0.29, 0.717) is 42.1 Å². The third kappa shape index (κ3) is 12.0. The van der Waals surface area contributed by atoms with Gasteiger partial charge in [-0.2, -0.15) is 5.11 Å². The number of rotatable bonds is 15. The Balaban J connectivity index is 1.52. The number of azo groups is 2. The van der Waals surface area contributed by atoms with Crippen molar-refractivity contribution in [2.75, 3.05) is 13.2 Å². The second-order valence-corrected chi connectivity index (χ2v) is 8.72. The quantitative estimate of drug-likeness (QED) is 0.0613. The molecule has 3 heterocycles. The molecule has 0 aliphatic rings. The van der Waals surface area contributed by atoms with E-state index in [4.69, 9.17) is 0 Å². The molecule has 0 bridgehead atoms. The Hall–Kier alpha value is -5.31. The molecule has 3 aromatic heterocycles. The molecule has 222 valence electrons. The lowest BCUT2D eigenvalue weighted by molar-refractivity contribution is -0.685. The molecule has 0 radical (unpaired) electrons. The zero-order valence-electron chi connectivity index (χ0n) is 23.9. The fraction of sp³-hybridized carbons (Fsp3) is 0.207. The first-order valence-electron chi connectivity index (χ1n) is 13.4. The maximum atomic E-state index is 9.40. The average Bonchev–Trinajstić information content (AvgIpc) is 3.01. The van der Waals surface area contributed by atoms with E-state index in [0.717, 1.165) is 5.56 Å². The molecule has 0 saturated heterocycles. The zero-order chi connectivity index (χ0) is 30.5. The van der Waals surface area contributed by atoms with Gasteiger partial charge in [0, 0.05) is 37.6 Å². The van der Waals surface area contributed by atoms with Crippen LogP contribution in [0.15, 0.2) is 145 Å². The lowest BCUT2D eigenvalue weighted by Crippen LogP contribution is -2.76. The van der Waals surface area contributed by atoms with Crippen molar-refractivity contribution in [2.24, 2.45) is 47.9 Å². The van der Waals surface area contributed by atoms with Gasteiger partial charge in [-0.25, -0.2) is 4.57 Å². The van der Waals surface area contributed by atoms with E-state index in [-0.39, 0.29) is 13.2 Å². The van der Waals surface area contributed by atoms with Gasteiger partial charge >= 0.3 is 5.82 Å². The van der Waals surface area contributed by atoms with Gasteiger partial charge in [0.15, 0.2) is 23.7 Å². The smallest absolute Gasteiger partial charge is 0.350 e. The van der Waals surface area contributed by atoms with Crippen LogP contribution < -0.4 is 20.9 Å². The van der Waals surface area contributed by atoms with Crippen LogP contribution in [0.3, 0.4) is 0 Å². The third-order valence-corrected chi connectivity index (χ3v) is 5.58. The third-order valence-electron chi connectivity index (χ3n) is 5.58. The SMILES string of the molecule is C=C(/C=C\C=C/[NH2+]Cc1ccn(CCO)/c(=N/N=C/N=Nc2cccc[n+]2CCO)c1)N=N/C=N/N=c1\ccccn1C. The maximum Gasteiger partial charge on any atom is 0.350 e. The maximum absolute atomic E-state index is 9.40. The fourth-order valence-corrected chi connectivity index (χ4v) is 3.49. The van der Waals surface area contributed by atoms with Crippen LogP contribution in [0.2, 0.25) is 0 Å². The summed E-state index contributed by atoms with van der Waals surface area (Å²) in [6, 6.07) is 14.9. The minimum atomic E-state index is -0.0322. The van der Waals surface area contributed by atoms with Crippen molar-refractivity contribution >= 4 is 18.5 Å². The van der Waals surface area contributed by atoms with E-state index in [1.165, 1.54) is 12.7 Å². The Labute approximate surface area is 248 Å². The molecule has 14 heteroatoms. The standard InChI is InChI=1S/C29H35N12O2/c1-25(35-31-23-32-36-27-10-4-7-14-39(27)2)9-3-6-13-30-22-26-12-16-41(18-20-43)29(21-26)38-34-24-33-37-28-11-5-8-15-40(28)17-19-42/h3-16,21,23-24,30,42-43H,1,17-20,22H2,2H3/q+1/p+1/b9-3-,13-6-,32-23+,35-31?,36-27+. The van der Waals surface area contributed by atoms with Gasteiger partial charge in [-0.15, -0.1) is 25.5 Å². The largest absolute Gasteiger partial charge is 0.395 e. The molecular formula is C29H36N12O2+2. The average molecular weight is 585 g/mol. The Morgan fingerprint density at radius 3 is 2.58 bits per heavy atom. The van der Waals surface area contributed by atoms with Gasteiger partial charge in [-0.05, 0) is 47.6 Å². The van der Waals surface area contributed by atoms with Crippen LogP contribution in [0, 0.1) is 0 Å². The number of aromatic nitrogens is 3. The minimum absolute atomic E-state index is 0.00269. The number of nitrogens with zero attached hydrogens (tertiary/aromatic N) is 11. The molecule has 43 heavy (non-hydrogen) atoms. The van der Waals surface area contributed by atoms with Crippen molar-refractivity contribution in [3.05, 3.63) is 120 Å². The summed E-state index contributed by atoms with van der Waals surface area (Å²) in [6.07, 6.45) is 15.4. The summed E-state index contributed by atoms with van der Waals surface area (Å²) in [5.74, 6) is 0.585. The van der Waals surface area contributed by atoms with E-state index in [2.05, 4.69) is 47.4 Å². The van der Waals surface area contributed by atoms with Crippen LogP contribution in [0.25, 0.3) is 0 Å². The van der Waals surface area contributed by atoms with Crippen LogP contribution >= 0.6 is 0 Å². The van der Waals surface area contributed by atoms with Crippen molar-refractivity contribution in [3.8, 4) is 0 Å². The number of allylic oxidation sites excluding steroid dienone is 3. The van der Waals surface area contributed by atoms with Gasteiger partial charge in [0.05, 0.1) is 36.4 Å². The number of quaternary nitrogens is 1. The van der Waals surface area contributed by atoms with Gasteiger partial charge < -0.3 is 24.7 Å². The summed E-state index contributed by atoms with van der Waals surface area (Å²) < 4.78 is 5.41. The van der Waals surface area contributed by atoms with E-state index in [9.17, 15) is 10.2 Å². The molecular weight excluding hydrogens is 548 g/mol. The van der Waals surface area contributed by atoms with Gasteiger partial charge in [-0.3, -0.25) is 0 Å². The highest BCUT2D eigenvalue weighted by molar-refractivity contribution is 5.54. The van der Waals surface area contributed by atoms with Crippen LogP contribution in [0.1, 0.15) is 5.56 Å². The molecule has 0 spiro atoms. The van der Waals surface area contributed by atoms with Crippen molar-refractivity contribution in [3.63, 3.8) is 0 Å². The minimum Gasteiger partial charge on any atom is -0.395 e. The van der Waals surface area contributed by atoms with Gasteiger partial charge in [0.25, 0.3) is 0 Å². The number of aliphatic hydroxyl groups excluding tert-OH is 2. The molecule has 0 fully saturated rings. The van der Waals surface area contributed by atoms with Gasteiger partial charge in [0.2, 0.25) is 0 Å². The first-order valence-corrected chi connectivity index (χ1v) is 13.4. The van der Waals surface area contributed by atoms with Crippen molar-refractivity contribution in [1.29, 1.82) is 0 Å². The van der Waals surface area contributed by atoms with Crippen molar-refractivity contribution < 1.29 is 20.1 Å². The second kappa shape index (κ2) is 18.9. The Morgan fingerprint density at radius 1 is 0.953 bits per heavy atom. The Bertz CT molecular complexity index is 1650. The van der Waals surface area contributed by atoms with Gasteiger partial charge in [-0.1, -0.05) is 24.8 Å². The predicted molar refractivity (Wildman–Crippen MR) is 161 cm³/mol. The van der Waals surface area contributed by atoms with Crippen molar-refractivity contribution in [1.82, 2.24) is 9.13 Å². The molecule has 3 aromatic rings. The Kier molecular flexibility index (Phi) is 14.2. The van der Waals surface area contributed by atoms with Gasteiger partial charge in [0.1, 0.15) is 13.1 Å². The highest BCUT2D eigenvalue weighted by Crippen LogP contribution is 2.03. The molecule has 0 amide bonds. The lowest BCUT2D eigenvalue weighted by Gasteiger charge is -2.06. The highest BCUT2D eigenvalue weighted by atomic mass is 16.3. The summed E-state index contributed by atoms with van der Waals surface area (Å²) in [5.41, 5.74) is 2.75. The number of aliphatic hydroxyl groups is 2. The molecule has 0 saturated carbocycles. The van der Waals surface area contributed by atoms with Crippen LogP contribution in [0.4, 0.5) is 5.82 Å². The number of aryl methyl sites for hydroxylation is 1. The monoisotopic (exact) mass is 584 g/mol. The van der Waals surface area contributed by atoms with E-state index < -0.39 is 0 Å². The zero-order valence-corrected chi connectivity index (χ0v) is 23.9. The van der Waals surface area contributed by atoms with E-state index in [1.807, 2.05) is 96.3 Å². The molecule has 0 atom stereocenters. The molecule has 4 N–H and O–H groups in total. The topological polar surface area (TPSA) is 170 Å². The first-order chi connectivity index (χ1) is 21.1. The first kappa shape index (κ1) is 32.2. The van der Waals surface area contributed by atoms with Crippen LogP contribution in [0.5, 0.6) is 0 Å². The number of hydrogen-bond acceptors (Lipinski definition) is 8. The summed E-state index contributed by atoms with van der Waals surface area (Å²) in [4.78, 5) is 0. The summed E-state index contributed by atoms with van der Waals surface area (Å²) >= 11 is 0. The number of pyridine rings is 3. The van der Waals surface area contributed by atoms with Crippen LogP contribution in [-0.4, -0.2) is 45.2 Å². The molecule has 0 aromatic carbocycles. The summed E-state index contributed by atoms with van der Waals surface area (Å²) in [7, 11) is 1.88. The molecule has 3 rings (SSSR count). The fourth-order valence-electron chi connectivity index (χ4n) is 3.49. The molecule has 14 nitrogen and oxygen atoms in total. The lowest BCUT2D eigenvalue weighted by atomic mass is 10.2. The normalized spacial score (nSPS) is 13.4. The second-order valence-electron chi connectivity index (χ2n) is 8.72. The predicted octanol–water partition coefficient (Wildman–Crippen LogP) is 1.37. The molecule has 0 aliphatic heterocycles. The summed E-state index contributed by atoms with van der Waals surface area (Å²) in [6.45, 7) is 5.25. The highest BCUT2D eigenvalue weighted by Gasteiger charge is 2.06. The number of nitrogens with two attached hydrogens (primary N) is 1. The summed E-state index contributed by atoms with van der Waals surface area (Å²) in [5, 5.41) is 52.6. The van der Waals surface area contributed by atoms with E-state index in [1.54, 1.807) is 21.3 Å². The number of hydrogen-bond donors (Lipinski definition) is 3. The molecule has 0 aliphatic carbocycles. The Morgan fingerprint density at radius 2 is 1.77 bits per heavy atom. The van der Waals surface area contributed by atoms with Crippen molar-refractivity contribution in [2.45, 2.75) is 19.6 Å². The van der Waals surface area contributed by atoms with E-state index >= 15 is 0 Å². The van der Waals surface area contributed by atoms with Crippen LogP contribution in [-0.2, 0) is 26.7 Å². The molecule has 0 unspecified atom stereocenters.